The minimum Gasteiger partial charge on any atom is -0.469 e. The predicted molar refractivity (Wildman–Crippen MR) is 121 cm³/mol. The molecule has 3 heteroatoms. The van der Waals surface area contributed by atoms with Crippen LogP contribution in [0.5, 0.6) is 0 Å². The van der Waals surface area contributed by atoms with E-state index >= 15 is 0 Å². The zero-order chi connectivity index (χ0) is 20.1. The molecule has 0 aromatic heterocycles. The van der Waals surface area contributed by atoms with E-state index in [1.54, 1.807) is 0 Å². The van der Waals surface area contributed by atoms with Crippen LogP contribution in [0.1, 0.15) is 56.9 Å². The molecule has 0 N–H and O–H groups in total. The molecule has 0 heterocycles. The normalized spacial score (nSPS) is 13.3. The highest BCUT2D eigenvalue weighted by Gasteiger charge is 2.37. The van der Waals surface area contributed by atoms with E-state index < -0.39 is 8.07 Å². The fourth-order valence-corrected chi connectivity index (χ4v) is 5.54. The molecule has 1 rings (SSSR count). The van der Waals surface area contributed by atoms with Gasteiger partial charge in [0.05, 0.1) is 20.7 Å². The Balaban J connectivity index is 2.76. The lowest BCUT2D eigenvalue weighted by Gasteiger charge is -2.29. The maximum Gasteiger partial charge on any atom is 0.310 e. The predicted octanol–water partition coefficient (Wildman–Crippen LogP) is 7.26. The molecule has 0 fully saturated rings. The van der Waals surface area contributed by atoms with Crippen LogP contribution in [0.2, 0.25) is 25.2 Å². The largest absolute Gasteiger partial charge is 0.469 e. The summed E-state index contributed by atoms with van der Waals surface area (Å²) in [7, 11) is -0.257. The van der Waals surface area contributed by atoms with Crippen molar-refractivity contribution in [3.05, 3.63) is 54.6 Å². The Morgan fingerprint density at radius 2 is 1.56 bits per heavy atom. The van der Waals surface area contributed by atoms with Gasteiger partial charge < -0.3 is 4.74 Å². The second kappa shape index (κ2) is 12.7. The summed E-state index contributed by atoms with van der Waals surface area (Å²) in [6.45, 7) is 10.5. The van der Waals surface area contributed by atoms with Gasteiger partial charge in [-0.1, -0.05) is 87.8 Å². The van der Waals surface area contributed by atoms with Crippen LogP contribution in [0.15, 0.2) is 49.1 Å². The summed E-state index contributed by atoms with van der Waals surface area (Å²) < 4.78 is 5.18. The van der Waals surface area contributed by atoms with Crippen molar-refractivity contribution in [1.29, 1.82) is 0 Å². The number of methoxy groups -OCH3 is 1. The summed E-state index contributed by atoms with van der Waals surface area (Å²) in [5.74, 6) is -0.0912. The van der Waals surface area contributed by atoms with Gasteiger partial charge in [0.25, 0.3) is 0 Å². The van der Waals surface area contributed by atoms with Crippen molar-refractivity contribution in [3.8, 4) is 0 Å². The Kier molecular flexibility index (Phi) is 11.0. The maximum atomic E-state index is 12.6. The molecule has 0 bridgehead atoms. The Morgan fingerprint density at radius 1 is 1.00 bits per heavy atom. The molecule has 1 unspecified atom stereocenters. The van der Waals surface area contributed by atoms with Crippen LogP contribution in [0.25, 0.3) is 5.57 Å². The van der Waals surface area contributed by atoms with Crippen molar-refractivity contribution in [2.24, 2.45) is 0 Å². The van der Waals surface area contributed by atoms with E-state index in [0.29, 0.717) is 0 Å². The number of rotatable bonds is 13. The first-order chi connectivity index (χ1) is 12.9. The van der Waals surface area contributed by atoms with E-state index in [1.165, 1.54) is 45.6 Å². The number of carbonyl (C=O) groups is 1. The zero-order valence-corrected chi connectivity index (χ0v) is 18.8. The Hall–Kier alpha value is -1.61. The first-order valence-corrected chi connectivity index (χ1v) is 13.9. The fourth-order valence-electron chi connectivity index (χ4n) is 3.50. The zero-order valence-electron chi connectivity index (χ0n) is 17.8. The molecule has 0 radical (unpaired) electrons. The molecular formula is C24H38O2Si. The number of esters is 1. The van der Waals surface area contributed by atoms with Crippen LogP contribution >= 0.6 is 0 Å². The SMILES string of the molecule is C=CCCCCCCCC/C=C(/c1ccccc1)C(C(=O)OC)[Si](C)(C)C. The molecule has 0 saturated carbocycles. The molecule has 27 heavy (non-hydrogen) atoms. The highest BCUT2D eigenvalue weighted by molar-refractivity contribution is 6.82. The topological polar surface area (TPSA) is 26.3 Å². The number of carbonyl (C=O) groups excluding carboxylic acids is 1. The lowest BCUT2D eigenvalue weighted by atomic mass is 9.99. The third-order valence-corrected chi connectivity index (χ3v) is 7.23. The average Bonchev–Trinajstić information content (AvgIpc) is 2.65. The Morgan fingerprint density at radius 3 is 2.07 bits per heavy atom. The number of benzene rings is 1. The van der Waals surface area contributed by atoms with Gasteiger partial charge in [-0.15, -0.1) is 6.58 Å². The minimum atomic E-state index is -1.76. The average molecular weight is 387 g/mol. The van der Waals surface area contributed by atoms with Crippen molar-refractivity contribution in [1.82, 2.24) is 0 Å². The fraction of sp³-hybridized carbons (Fsp3) is 0.542. The molecule has 150 valence electrons. The van der Waals surface area contributed by atoms with Crippen LogP contribution < -0.4 is 0 Å². The summed E-state index contributed by atoms with van der Waals surface area (Å²) in [5, 5.41) is 0. The van der Waals surface area contributed by atoms with Crippen molar-refractivity contribution >= 4 is 19.6 Å². The summed E-state index contributed by atoms with van der Waals surface area (Å²) >= 11 is 0. The number of hydrogen-bond donors (Lipinski definition) is 0. The van der Waals surface area contributed by atoms with E-state index in [2.05, 4.69) is 44.4 Å². The summed E-state index contributed by atoms with van der Waals surface area (Å²) in [6.07, 6.45) is 14.1. The highest BCUT2D eigenvalue weighted by atomic mass is 28.3. The van der Waals surface area contributed by atoms with Crippen LogP contribution in [0.4, 0.5) is 0 Å². The molecule has 2 nitrogen and oxygen atoms in total. The number of allylic oxidation sites excluding steroid dienone is 2. The summed E-state index contributed by atoms with van der Waals surface area (Å²) in [4.78, 5) is 12.6. The molecule has 0 aliphatic rings. The summed E-state index contributed by atoms with van der Waals surface area (Å²) in [5.41, 5.74) is 2.19. The van der Waals surface area contributed by atoms with E-state index in [0.717, 1.165) is 24.0 Å². The van der Waals surface area contributed by atoms with Crippen molar-refractivity contribution in [2.45, 2.75) is 76.5 Å². The molecule has 1 aromatic rings. The van der Waals surface area contributed by atoms with Gasteiger partial charge in [0.1, 0.15) is 0 Å². The van der Waals surface area contributed by atoms with Crippen LogP contribution in [-0.2, 0) is 9.53 Å². The molecule has 0 aliphatic heterocycles. The van der Waals surface area contributed by atoms with Gasteiger partial charge in [0.15, 0.2) is 0 Å². The van der Waals surface area contributed by atoms with Gasteiger partial charge >= 0.3 is 5.97 Å². The number of ether oxygens (including phenoxy) is 1. The van der Waals surface area contributed by atoms with E-state index in [9.17, 15) is 4.79 Å². The third-order valence-electron chi connectivity index (χ3n) is 4.95. The molecule has 0 amide bonds. The highest BCUT2D eigenvalue weighted by Crippen LogP contribution is 2.38. The second-order valence-electron chi connectivity index (χ2n) is 8.34. The monoisotopic (exact) mass is 386 g/mol. The van der Waals surface area contributed by atoms with E-state index in [4.69, 9.17) is 4.74 Å². The van der Waals surface area contributed by atoms with Gasteiger partial charge in [-0.05, 0) is 36.8 Å². The molecule has 0 aliphatic carbocycles. The molecular weight excluding hydrogens is 348 g/mol. The first kappa shape index (κ1) is 23.4. The van der Waals surface area contributed by atoms with Gasteiger partial charge in [0.2, 0.25) is 0 Å². The van der Waals surface area contributed by atoms with Crippen LogP contribution in [-0.4, -0.2) is 21.2 Å². The summed E-state index contributed by atoms with van der Waals surface area (Å²) in [6, 6.07) is 10.3. The van der Waals surface area contributed by atoms with Crippen LogP contribution in [0, 0.1) is 0 Å². The van der Waals surface area contributed by atoms with Gasteiger partial charge in [-0.25, -0.2) is 0 Å². The Labute approximate surface area is 167 Å². The van der Waals surface area contributed by atoms with Gasteiger partial charge in [-0.3, -0.25) is 4.79 Å². The number of unbranched alkanes of at least 4 members (excludes halogenated alkanes) is 7. The minimum absolute atomic E-state index is 0.0912. The van der Waals surface area contributed by atoms with Crippen molar-refractivity contribution in [3.63, 3.8) is 0 Å². The number of hydrogen-bond acceptors (Lipinski definition) is 2. The van der Waals surface area contributed by atoms with Crippen LogP contribution in [0.3, 0.4) is 0 Å². The van der Waals surface area contributed by atoms with Crippen molar-refractivity contribution in [2.75, 3.05) is 7.11 Å². The van der Waals surface area contributed by atoms with Gasteiger partial charge in [-0.2, -0.15) is 0 Å². The second-order valence-corrected chi connectivity index (χ2v) is 13.6. The standard InChI is InChI=1S/C24H38O2Si/c1-6-7-8-9-10-11-12-13-17-20-22(21-18-15-14-16-19-21)23(24(25)26-2)27(3,4)5/h6,14-16,18-20,23H,1,7-13,17H2,2-5H3/b22-20-. The molecule has 0 saturated heterocycles. The van der Waals surface area contributed by atoms with E-state index in [1.807, 2.05) is 24.3 Å². The maximum absolute atomic E-state index is 12.6. The molecule has 1 atom stereocenters. The smallest absolute Gasteiger partial charge is 0.310 e. The lowest BCUT2D eigenvalue weighted by molar-refractivity contribution is -0.139. The first-order valence-electron chi connectivity index (χ1n) is 10.4. The Bertz CT molecular complexity index is 584. The van der Waals surface area contributed by atoms with Crippen molar-refractivity contribution < 1.29 is 9.53 Å². The lowest BCUT2D eigenvalue weighted by Crippen LogP contribution is -2.35. The van der Waals surface area contributed by atoms with Gasteiger partial charge in [0, 0.05) is 0 Å². The quantitative estimate of drug-likeness (QED) is 0.154. The third kappa shape index (κ3) is 8.74. The van der Waals surface area contributed by atoms with E-state index in [-0.39, 0.29) is 11.5 Å². The molecule has 0 spiro atoms. The molecule has 1 aromatic carbocycles.